The van der Waals surface area contributed by atoms with Crippen molar-refractivity contribution in [3.05, 3.63) is 100 Å². The van der Waals surface area contributed by atoms with Crippen molar-refractivity contribution in [3.63, 3.8) is 0 Å². The molecule has 0 saturated carbocycles. The van der Waals surface area contributed by atoms with Gasteiger partial charge in [-0.3, -0.25) is 14.6 Å². The van der Waals surface area contributed by atoms with Gasteiger partial charge in [0.05, 0.1) is 5.52 Å². The first-order valence-electron chi connectivity index (χ1n) is 13.2. The molecule has 42 heavy (non-hydrogen) atoms. The molecule has 1 aliphatic heterocycles. The smallest absolute Gasteiger partial charge is 0.253 e. The van der Waals surface area contributed by atoms with Crippen LogP contribution in [0.5, 0.6) is 0 Å². The Bertz CT molecular complexity index is 1740. The Balaban J connectivity index is 1.46. The van der Waals surface area contributed by atoms with Gasteiger partial charge < -0.3 is 15.1 Å². The van der Waals surface area contributed by atoms with Crippen molar-refractivity contribution >= 4 is 61.6 Å². The molecule has 0 radical (unpaired) electrons. The van der Waals surface area contributed by atoms with Crippen LogP contribution < -0.4 is 10.2 Å². The summed E-state index contributed by atoms with van der Waals surface area (Å²) in [6, 6.07) is 19.2. The monoisotopic (exact) mass is 625 g/mol. The molecule has 2 heterocycles. The summed E-state index contributed by atoms with van der Waals surface area (Å²) < 4.78 is 29.3. The number of amides is 2. The van der Waals surface area contributed by atoms with Gasteiger partial charge in [-0.05, 0) is 54.1 Å². The summed E-state index contributed by atoms with van der Waals surface area (Å²) in [6.07, 6.45) is 1.53. The van der Waals surface area contributed by atoms with Crippen LogP contribution in [-0.4, -0.2) is 74.2 Å². The predicted molar refractivity (Wildman–Crippen MR) is 164 cm³/mol. The number of halogens is 2. The summed E-state index contributed by atoms with van der Waals surface area (Å²) >= 11 is 12.3. The first kappa shape index (κ1) is 29.8. The largest absolute Gasteiger partial charge is 0.378 e. The number of hydrogen-bond donors (Lipinski definition) is 1. The Morgan fingerprint density at radius 2 is 1.74 bits per heavy atom. The summed E-state index contributed by atoms with van der Waals surface area (Å²) in [7, 11) is -0.375. The molecular weight excluding hydrogens is 597 g/mol. The van der Waals surface area contributed by atoms with Gasteiger partial charge in [0.2, 0.25) is 15.9 Å². The normalized spacial score (nSPS) is 15.9. The molecule has 9 nitrogen and oxygen atoms in total. The molecule has 218 valence electrons. The molecule has 0 aliphatic carbocycles. The molecule has 1 fully saturated rings. The maximum Gasteiger partial charge on any atom is 0.253 e. The topological polar surface area (TPSA) is 103 Å². The number of carbonyl (C=O) groups is 2. The average molecular weight is 627 g/mol. The lowest BCUT2D eigenvalue weighted by atomic mass is 10.1. The lowest BCUT2D eigenvalue weighted by Gasteiger charge is -2.39. The first-order valence-corrected chi connectivity index (χ1v) is 15.4. The second-order valence-electron chi connectivity index (χ2n) is 10.1. The highest BCUT2D eigenvalue weighted by atomic mass is 35.5. The van der Waals surface area contributed by atoms with Crippen molar-refractivity contribution in [2.45, 2.75) is 17.5 Å². The Morgan fingerprint density at radius 1 is 1.00 bits per heavy atom. The molecule has 1 saturated heterocycles. The van der Waals surface area contributed by atoms with Crippen molar-refractivity contribution in [3.8, 4) is 0 Å². The Labute approximate surface area is 254 Å². The quantitative estimate of drug-likeness (QED) is 0.326. The van der Waals surface area contributed by atoms with E-state index >= 15 is 0 Å². The fourth-order valence-electron chi connectivity index (χ4n) is 4.91. The van der Waals surface area contributed by atoms with Crippen molar-refractivity contribution in [2.75, 3.05) is 38.6 Å². The summed E-state index contributed by atoms with van der Waals surface area (Å²) in [5.74, 6) is -0.846. The minimum absolute atomic E-state index is 0.00167. The number of rotatable bonds is 7. The minimum atomic E-state index is -4.19. The first-order chi connectivity index (χ1) is 20.1. The van der Waals surface area contributed by atoms with Crippen LogP contribution in [0.2, 0.25) is 10.0 Å². The van der Waals surface area contributed by atoms with Crippen molar-refractivity contribution < 1.29 is 18.0 Å². The molecule has 1 aromatic heterocycles. The molecule has 4 aromatic rings. The number of nitrogens with zero attached hydrogens (tertiary/aromatic N) is 4. The van der Waals surface area contributed by atoms with Crippen LogP contribution in [-0.2, 0) is 21.4 Å². The standard InChI is InChI=1S/C30H29Cl2N5O4S/c1-35(2)24-12-9-21(10-13-24)30(39)36-15-16-37(42(40,41)27-7-3-5-20-6-4-14-33-28(20)27)26(19-36)29(38)34-18-22-8-11-23(31)17-25(22)32/h3-14,17,26H,15-16,18-19H2,1-2H3,(H,34,38). The van der Waals surface area contributed by atoms with E-state index in [1.165, 1.54) is 17.2 Å². The summed E-state index contributed by atoms with van der Waals surface area (Å²) in [5, 5.41) is 4.29. The third kappa shape index (κ3) is 6.07. The Kier molecular flexibility index (Phi) is 8.70. The van der Waals surface area contributed by atoms with Crippen LogP contribution in [0, 0.1) is 0 Å². The third-order valence-corrected chi connectivity index (χ3v) is 9.73. The molecule has 1 N–H and O–H groups in total. The zero-order valence-corrected chi connectivity index (χ0v) is 25.3. The van der Waals surface area contributed by atoms with Gasteiger partial charge in [-0.2, -0.15) is 4.31 Å². The number of para-hydroxylation sites is 1. The number of fused-ring (bicyclic) bond motifs is 1. The van der Waals surface area contributed by atoms with E-state index in [1.54, 1.807) is 54.6 Å². The van der Waals surface area contributed by atoms with E-state index < -0.39 is 22.0 Å². The molecular formula is C30H29Cl2N5O4S. The maximum absolute atomic E-state index is 14.1. The molecule has 5 rings (SSSR count). The number of anilines is 1. The number of piperazine rings is 1. The second-order valence-corrected chi connectivity index (χ2v) is 12.8. The van der Waals surface area contributed by atoms with Crippen LogP contribution in [0.1, 0.15) is 15.9 Å². The number of aromatic nitrogens is 1. The fraction of sp³-hybridized carbons (Fsp3) is 0.233. The molecule has 1 aliphatic rings. The van der Waals surface area contributed by atoms with E-state index in [9.17, 15) is 18.0 Å². The summed E-state index contributed by atoms with van der Waals surface area (Å²) in [6.45, 7) is -0.0494. The number of carbonyl (C=O) groups excluding carboxylic acids is 2. The van der Waals surface area contributed by atoms with E-state index in [4.69, 9.17) is 23.2 Å². The summed E-state index contributed by atoms with van der Waals surface area (Å²) in [4.78, 5) is 34.9. The van der Waals surface area contributed by atoms with E-state index in [1.807, 2.05) is 31.1 Å². The van der Waals surface area contributed by atoms with Gasteiger partial charge in [0.25, 0.3) is 5.91 Å². The molecule has 1 atom stereocenters. The minimum Gasteiger partial charge on any atom is -0.378 e. The van der Waals surface area contributed by atoms with Gasteiger partial charge in [0.15, 0.2) is 0 Å². The molecule has 3 aromatic carbocycles. The predicted octanol–water partition coefficient (Wildman–Crippen LogP) is 4.44. The highest BCUT2D eigenvalue weighted by Gasteiger charge is 2.42. The molecule has 12 heteroatoms. The average Bonchev–Trinajstić information content (AvgIpc) is 2.99. The lowest BCUT2D eigenvalue weighted by molar-refractivity contribution is -0.126. The molecule has 1 unspecified atom stereocenters. The van der Waals surface area contributed by atoms with Crippen molar-refractivity contribution in [2.24, 2.45) is 0 Å². The van der Waals surface area contributed by atoms with Gasteiger partial charge in [-0.25, -0.2) is 8.42 Å². The SMILES string of the molecule is CN(C)c1ccc(C(=O)N2CCN(S(=O)(=O)c3cccc4cccnc34)C(C(=O)NCc3ccc(Cl)cc3Cl)C2)cc1. The van der Waals surface area contributed by atoms with Crippen LogP contribution in [0.4, 0.5) is 5.69 Å². The summed E-state index contributed by atoms with van der Waals surface area (Å²) in [5.41, 5.74) is 2.31. The van der Waals surface area contributed by atoms with Crippen molar-refractivity contribution in [1.82, 2.24) is 19.5 Å². The van der Waals surface area contributed by atoms with Gasteiger partial charge in [-0.1, -0.05) is 47.5 Å². The molecule has 0 spiro atoms. The zero-order valence-electron chi connectivity index (χ0n) is 23.0. The van der Waals surface area contributed by atoms with Gasteiger partial charge in [0.1, 0.15) is 10.9 Å². The van der Waals surface area contributed by atoms with E-state index in [-0.39, 0.29) is 37.0 Å². The second kappa shape index (κ2) is 12.3. The van der Waals surface area contributed by atoms with Gasteiger partial charge >= 0.3 is 0 Å². The lowest BCUT2D eigenvalue weighted by Crippen LogP contribution is -2.61. The zero-order chi connectivity index (χ0) is 30.0. The maximum atomic E-state index is 14.1. The Hall–Kier alpha value is -3.70. The van der Waals surface area contributed by atoms with Crippen molar-refractivity contribution in [1.29, 1.82) is 0 Å². The highest BCUT2D eigenvalue weighted by Crippen LogP contribution is 2.28. The number of hydrogen-bond acceptors (Lipinski definition) is 6. The van der Waals surface area contributed by atoms with E-state index in [0.29, 0.717) is 32.1 Å². The number of pyridine rings is 1. The van der Waals surface area contributed by atoms with Crippen LogP contribution >= 0.6 is 23.2 Å². The Morgan fingerprint density at radius 3 is 2.45 bits per heavy atom. The van der Waals surface area contributed by atoms with Crippen LogP contribution in [0.25, 0.3) is 10.9 Å². The van der Waals surface area contributed by atoms with Crippen LogP contribution in [0.15, 0.2) is 83.9 Å². The number of nitrogens with one attached hydrogen (secondary N) is 1. The number of benzene rings is 3. The number of sulfonamides is 1. The van der Waals surface area contributed by atoms with E-state index in [2.05, 4.69) is 10.3 Å². The van der Waals surface area contributed by atoms with E-state index in [0.717, 1.165) is 9.99 Å². The third-order valence-electron chi connectivity index (χ3n) is 7.20. The molecule has 2 amide bonds. The fourth-order valence-corrected chi connectivity index (χ4v) is 7.13. The van der Waals surface area contributed by atoms with Gasteiger partial charge in [-0.15, -0.1) is 0 Å². The van der Waals surface area contributed by atoms with Crippen LogP contribution in [0.3, 0.4) is 0 Å². The van der Waals surface area contributed by atoms with Gasteiger partial charge in [0, 0.05) is 73.2 Å². The molecule has 0 bridgehead atoms. The highest BCUT2D eigenvalue weighted by molar-refractivity contribution is 7.89.